The van der Waals surface area contributed by atoms with Crippen LogP contribution in [0.3, 0.4) is 0 Å². The molecule has 4 fully saturated rings. The zero-order valence-corrected chi connectivity index (χ0v) is 18.3. The molecule has 2 aliphatic heterocycles. The number of halogens is 2. The molecule has 2 N–H and O–H groups in total. The van der Waals surface area contributed by atoms with Gasteiger partial charge >= 0.3 is 0 Å². The maximum atomic E-state index is 15.4. The van der Waals surface area contributed by atoms with Gasteiger partial charge in [0.15, 0.2) is 0 Å². The zero-order chi connectivity index (χ0) is 22.9. The van der Waals surface area contributed by atoms with E-state index in [1.165, 1.54) is 6.07 Å². The van der Waals surface area contributed by atoms with Crippen molar-refractivity contribution in [2.24, 2.45) is 5.92 Å². The van der Waals surface area contributed by atoms with Gasteiger partial charge < -0.3 is 10.3 Å². The maximum absolute atomic E-state index is 15.4. The highest BCUT2D eigenvalue weighted by Crippen LogP contribution is 2.61. The number of pyridine rings is 1. The number of hydrogen-bond donors (Lipinski definition) is 1. The fourth-order valence-corrected chi connectivity index (χ4v) is 6.68. The van der Waals surface area contributed by atoms with Gasteiger partial charge in [0, 0.05) is 29.1 Å². The van der Waals surface area contributed by atoms with Crippen molar-refractivity contribution in [3.05, 3.63) is 46.9 Å². The Bertz CT molecular complexity index is 1610. The Labute approximate surface area is 192 Å². The minimum Gasteiger partial charge on any atom is -0.369 e. The number of nitrogens with zero attached hydrogens (tertiary/aromatic N) is 6. The van der Waals surface area contributed by atoms with Crippen LogP contribution in [0.5, 0.6) is 0 Å². The van der Waals surface area contributed by atoms with Crippen LogP contribution in [0, 0.1) is 11.7 Å². The van der Waals surface area contributed by atoms with Crippen LogP contribution in [0.1, 0.15) is 25.7 Å². The number of fused-ring (bicyclic) bond motifs is 3. The van der Waals surface area contributed by atoms with Crippen molar-refractivity contribution in [3.8, 4) is 11.3 Å². The minimum absolute atomic E-state index is 0.0576. The average molecular weight is 462 g/mol. The molecule has 9 rings (SSSR count). The molecule has 172 valence electrons. The lowest BCUT2D eigenvalue weighted by molar-refractivity contribution is -0.680. The third kappa shape index (κ3) is 2.17. The number of hydrogen-bond acceptors (Lipinski definition) is 5. The van der Waals surface area contributed by atoms with Gasteiger partial charge in [-0.05, 0) is 48.8 Å². The summed E-state index contributed by atoms with van der Waals surface area (Å²) in [4.78, 5) is 17.8. The van der Waals surface area contributed by atoms with E-state index >= 15 is 4.39 Å². The van der Waals surface area contributed by atoms with Crippen LogP contribution in [0.4, 0.5) is 14.6 Å². The molecule has 3 saturated carbocycles. The average Bonchev–Trinajstić information content (AvgIpc) is 3.30. The summed E-state index contributed by atoms with van der Waals surface area (Å²) in [6.45, 7) is 0.745. The van der Waals surface area contributed by atoms with Crippen LogP contribution in [0.2, 0.25) is 0 Å². The van der Waals surface area contributed by atoms with E-state index in [9.17, 15) is 9.18 Å². The zero-order valence-electron chi connectivity index (χ0n) is 18.3. The minimum atomic E-state index is -0.921. The van der Waals surface area contributed by atoms with Gasteiger partial charge in [0.1, 0.15) is 29.6 Å². The third-order valence-corrected chi connectivity index (χ3v) is 8.46. The lowest BCUT2D eigenvalue weighted by atomic mass is 9.49. The van der Waals surface area contributed by atoms with E-state index in [4.69, 9.17) is 10.8 Å². The number of alkyl halides is 1. The maximum Gasteiger partial charge on any atom is 0.284 e. The van der Waals surface area contributed by atoms with E-state index in [0.29, 0.717) is 40.5 Å². The summed E-state index contributed by atoms with van der Waals surface area (Å²) >= 11 is 0. The van der Waals surface area contributed by atoms with Gasteiger partial charge in [-0.1, -0.05) is 4.98 Å². The van der Waals surface area contributed by atoms with E-state index < -0.39 is 12.0 Å². The summed E-state index contributed by atoms with van der Waals surface area (Å²) in [6.07, 6.45) is 5.99. The summed E-state index contributed by atoms with van der Waals surface area (Å²) in [5.74, 6) is 0.488. The lowest BCUT2D eigenvalue weighted by Crippen LogP contribution is -2.64. The first-order valence-corrected chi connectivity index (χ1v) is 11.8. The number of benzene rings is 1. The molecule has 4 aromatic rings. The largest absolute Gasteiger partial charge is 0.369 e. The highest BCUT2D eigenvalue weighted by Gasteiger charge is 2.58. The van der Waals surface area contributed by atoms with Crippen LogP contribution in [0.15, 0.2) is 35.5 Å². The molecular formula is C24H22F2N7O+. The predicted octanol–water partition coefficient (Wildman–Crippen LogP) is 1.99. The summed E-state index contributed by atoms with van der Waals surface area (Å²) in [6, 6.07) is 4.76. The lowest BCUT2D eigenvalue weighted by Gasteiger charge is -2.62. The molecule has 3 aliphatic carbocycles. The SMILES string of the molecule is Nc1nc[n+]2c3c1c(-c1cc4c(=O)n(C56CC(C5)C6)ccc4cc1F)nn3CC1CC(F)CN12. The molecule has 1 aromatic carbocycles. The molecule has 5 aliphatic rings. The fraction of sp³-hybridized carbons (Fsp3) is 0.417. The smallest absolute Gasteiger partial charge is 0.284 e. The Balaban J connectivity index is 1.36. The Kier molecular flexibility index (Phi) is 3.28. The standard InChI is InChI=1S/C24H21F2N7O/c25-14-4-15-10-31-22-19(21(27)28-11-33(22)32(15)9-14)20(29-31)17-5-16-13(3-18(17)26)1-2-30(23(16)34)24-6-12(7-24)8-24/h1-3,5,11-12,14-15,27H,4,6-10H2/p+1. The number of nitrogens with two attached hydrogens (primary N) is 1. The monoisotopic (exact) mass is 462 g/mol. The highest BCUT2D eigenvalue weighted by molar-refractivity contribution is 5.99. The first-order valence-electron chi connectivity index (χ1n) is 11.8. The summed E-state index contributed by atoms with van der Waals surface area (Å²) < 4.78 is 35.0. The van der Waals surface area contributed by atoms with Crippen LogP contribution >= 0.6 is 0 Å². The van der Waals surface area contributed by atoms with Gasteiger partial charge in [-0.15, -0.1) is 9.77 Å². The van der Waals surface area contributed by atoms with Crippen LogP contribution in [-0.2, 0) is 12.1 Å². The molecule has 0 spiro atoms. The second-order valence-electron chi connectivity index (χ2n) is 10.4. The Morgan fingerprint density at radius 3 is 2.79 bits per heavy atom. The number of nitrogen functional groups attached to an aromatic ring is 1. The molecule has 3 aromatic heterocycles. The van der Waals surface area contributed by atoms with Crippen molar-refractivity contribution >= 4 is 27.6 Å². The van der Waals surface area contributed by atoms with Crippen LogP contribution in [0.25, 0.3) is 33.1 Å². The molecule has 1 saturated heterocycles. The quantitative estimate of drug-likeness (QED) is 0.461. The van der Waals surface area contributed by atoms with E-state index in [1.54, 1.807) is 21.8 Å². The van der Waals surface area contributed by atoms with Crippen molar-refractivity contribution in [2.45, 2.75) is 50.0 Å². The molecule has 8 nitrogen and oxygen atoms in total. The summed E-state index contributed by atoms with van der Waals surface area (Å²) in [5.41, 5.74) is 7.35. The molecule has 5 heterocycles. The van der Waals surface area contributed by atoms with E-state index in [2.05, 4.69) is 4.98 Å². The van der Waals surface area contributed by atoms with Gasteiger partial charge in [0.25, 0.3) is 11.2 Å². The second kappa shape index (κ2) is 5.92. The van der Waals surface area contributed by atoms with Crippen molar-refractivity contribution in [1.82, 2.24) is 19.3 Å². The van der Waals surface area contributed by atoms with Crippen LogP contribution in [-0.4, -0.2) is 38.1 Å². The van der Waals surface area contributed by atoms with Crippen molar-refractivity contribution < 1.29 is 13.5 Å². The molecular weight excluding hydrogens is 440 g/mol. The van der Waals surface area contributed by atoms with Crippen LogP contribution < -0.4 is 21.0 Å². The van der Waals surface area contributed by atoms with Crippen molar-refractivity contribution in [2.75, 3.05) is 17.3 Å². The summed E-state index contributed by atoms with van der Waals surface area (Å²) in [7, 11) is 0. The highest BCUT2D eigenvalue weighted by atomic mass is 19.1. The molecule has 0 amide bonds. The normalized spacial score (nSPS) is 28.8. The Morgan fingerprint density at radius 1 is 1.21 bits per heavy atom. The predicted molar refractivity (Wildman–Crippen MR) is 121 cm³/mol. The van der Waals surface area contributed by atoms with Gasteiger partial charge in [0.05, 0.1) is 12.6 Å². The van der Waals surface area contributed by atoms with Gasteiger partial charge in [-0.25, -0.2) is 8.78 Å². The molecule has 2 bridgehead atoms. The first-order chi connectivity index (χ1) is 16.4. The van der Waals surface area contributed by atoms with E-state index in [0.717, 1.165) is 25.2 Å². The van der Waals surface area contributed by atoms with Gasteiger partial charge in [-0.2, -0.15) is 4.68 Å². The fourth-order valence-electron chi connectivity index (χ4n) is 6.68. The molecule has 2 unspecified atom stereocenters. The van der Waals surface area contributed by atoms with Crippen molar-refractivity contribution in [3.63, 3.8) is 0 Å². The van der Waals surface area contributed by atoms with Gasteiger partial charge in [-0.3, -0.25) is 9.80 Å². The second-order valence-corrected chi connectivity index (χ2v) is 10.4. The van der Waals surface area contributed by atoms with Gasteiger partial charge in [0.2, 0.25) is 12.1 Å². The molecule has 2 atom stereocenters. The van der Waals surface area contributed by atoms with E-state index in [1.807, 2.05) is 21.8 Å². The number of aromatic nitrogens is 5. The molecule has 34 heavy (non-hydrogen) atoms. The number of rotatable bonds is 2. The Hall–Kier alpha value is -3.56. The first kappa shape index (κ1) is 18.8. The molecule has 10 heteroatoms. The topological polar surface area (TPSA) is 85.8 Å². The Morgan fingerprint density at radius 2 is 2.03 bits per heavy atom. The number of anilines is 1. The van der Waals surface area contributed by atoms with Crippen molar-refractivity contribution in [1.29, 1.82) is 0 Å². The van der Waals surface area contributed by atoms with E-state index in [-0.39, 0.29) is 35.1 Å². The summed E-state index contributed by atoms with van der Waals surface area (Å²) in [5, 5.41) is 8.20. The third-order valence-electron chi connectivity index (χ3n) is 8.46. The molecule has 0 radical (unpaired) electrons.